The van der Waals surface area contributed by atoms with Crippen LogP contribution in [0.2, 0.25) is 0 Å². The number of carbonyl (C=O) groups excluding carboxylic acids is 1. The first-order chi connectivity index (χ1) is 13.2. The van der Waals surface area contributed by atoms with Crippen molar-refractivity contribution in [2.24, 2.45) is 40.9 Å². The molecule has 0 amide bonds. The molecule has 0 N–H and O–H groups in total. The quantitative estimate of drug-likeness (QED) is 0.403. The van der Waals surface area contributed by atoms with Gasteiger partial charge in [-0.1, -0.05) is 12.5 Å². The molecule has 0 spiro atoms. The summed E-state index contributed by atoms with van der Waals surface area (Å²) in [4.78, 5) is 12.0. The second kappa shape index (κ2) is 7.36. The molecule has 28 heavy (non-hydrogen) atoms. The van der Waals surface area contributed by atoms with Crippen molar-refractivity contribution in [2.45, 2.75) is 77.8 Å². The van der Waals surface area contributed by atoms with Crippen molar-refractivity contribution in [3.8, 4) is 0 Å². The molecular weight excluding hydrogens is 365 g/mol. The number of alkyl halides is 3. The van der Waals surface area contributed by atoms with Gasteiger partial charge in [-0.2, -0.15) is 13.2 Å². The Morgan fingerprint density at radius 2 is 1.86 bits per heavy atom. The third-order valence-corrected chi connectivity index (χ3v) is 8.84. The number of ether oxygens (including phenoxy) is 1. The second-order valence-corrected chi connectivity index (χ2v) is 9.90. The molecule has 7 atom stereocenters. The van der Waals surface area contributed by atoms with E-state index < -0.39 is 12.1 Å². The number of fused-ring (bicyclic) bond motifs is 5. The van der Waals surface area contributed by atoms with Gasteiger partial charge in [-0.3, -0.25) is 0 Å². The van der Waals surface area contributed by atoms with Crippen molar-refractivity contribution >= 4 is 5.97 Å². The molecule has 3 unspecified atom stereocenters. The number of allylic oxidation sites excluding steroid dienone is 1. The van der Waals surface area contributed by atoms with Crippen LogP contribution < -0.4 is 0 Å². The lowest BCUT2D eigenvalue weighted by atomic mass is 9.50. The minimum atomic E-state index is -4.02. The molecule has 0 saturated heterocycles. The SMILES string of the molecule is CCOC(=O)/C=C1\CCC2[C@@H]3CC[C@@H]4CC(C(F)(F)F)CC[C@@H]4C3CC[C@]12C. The van der Waals surface area contributed by atoms with E-state index in [1.54, 1.807) is 6.08 Å². The summed E-state index contributed by atoms with van der Waals surface area (Å²) in [6.45, 7) is 4.54. The van der Waals surface area contributed by atoms with E-state index in [0.29, 0.717) is 43.1 Å². The summed E-state index contributed by atoms with van der Waals surface area (Å²) < 4.78 is 44.8. The van der Waals surface area contributed by atoms with Gasteiger partial charge in [-0.15, -0.1) is 0 Å². The Bertz CT molecular complexity index is 640. The summed E-state index contributed by atoms with van der Waals surface area (Å²) in [5.41, 5.74) is 1.32. The van der Waals surface area contributed by atoms with Crippen LogP contribution in [-0.2, 0) is 9.53 Å². The molecule has 4 fully saturated rings. The van der Waals surface area contributed by atoms with Crippen molar-refractivity contribution in [3.05, 3.63) is 11.6 Å². The summed E-state index contributed by atoms with van der Waals surface area (Å²) in [5.74, 6) is 1.24. The van der Waals surface area contributed by atoms with Crippen LogP contribution in [0.5, 0.6) is 0 Å². The number of halogens is 3. The lowest BCUT2D eigenvalue weighted by Gasteiger charge is -2.55. The van der Waals surface area contributed by atoms with E-state index in [4.69, 9.17) is 4.74 Å². The first-order valence-electron chi connectivity index (χ1n) is 11.2. The monoisotopic (exact) mass is 398 g/mol. The maximum Gasteiger partial charge on any atom is 0.391 e. The van der Waals surface area contributed by atoms with Crippen LogP contribution in [0.25, 0.3) is 0 Å². The highest BCUT2D eigenvalue weighted by Gasteiger charge is 2.56. The molecule has 4 saturated carbocycles. The first-order valence-corrected chi connectivity index (χ1v) is 11.2. The van der Waals surface area contributed by atoms with Gasteiger partial charge < -0.3 is 4.74 Å². The minimum Gasteiger partial charge on any atom is -0.463 e. The van der Waals surface area contributed by atoms with Gasteiger partial charge in [0.25, 0.3) is 0 Å². The summed E-state index contributed by atoms with van der Waals surface area (Å²) in [6.07, 6.45) is 5.44. The lowest BCUT2D eigenvalue weighted by molar-refractivity contribution is -0.195. The average molecular weight is 399 g/mol. The van der Waals surface area contributed by atoms with E-state index in [9.17, 15) is 18.0 Å². The molecule has 0 radical (unpaired) electrons. The Labute approximate surface area is 166 Å². The third-order valence-electron chi connectivity index (χ3n) is 8.84. The largest absolute Gasteiger partial charge is 0.463 e. The highest BCUT2D eigenvalue weighted by Crippen LogP contribution is 2.64. The van der Waals surface area contributed by atoms with Crippen LogP contribution in [0.1, 0.15) is 71.6 Å². The van der Waals surface area contributed by atoms with Crippen LogP contribution in [0.3, 0.4) is 0 Å². The standard InChI is InChI=1S/C23H33F3O2/c1-3-28-21(27)13-15-6-9-20-19-7-4-14-12-16(23(24,25)26)5-8-17(14)18(19)10-11-22(15,20)2/h13-14,16-20H,3-12H2,1-2H3/b15-13+/t14-,16?,17+,18?,19-,20?,22-/m1/s1. The van der Waals surface area contributed by atoms with Crippen LogP contribution in [0, 0.1) is 40.9 Å². The fraction of sp³-hybridized carbons (Fsp3) is 0.870. The molecule has 4 aliphatic carbocycles. The van der Waals surface area contributed by atoms with E-state index in [-0.39, 0.29) is 17.3 Å². The number of rotatable bonds is 2. The molecule has 0 aromatic rings. The smallest absolute Gasteiger partial charge is 0.391 e. The predicted octanol–water partition coefficient (Wildman–Crippen LogP) is 6.31. The van der Waals surface area contributed by atoms with Crippen molar-refractivity contribution in [2.75, 3.05) is 6.61 Å². The third kappa shape index (κ3) is 3.41. The molecule has 0 aliphatic heterocycles. The molecular formula is C23H33F3O2. The lowest BCUT2D eigenvalue weighted by Crippen LogP contribution is -2.48. The molecule has 5 heteroatoms. The van der Waals surface area contributed by atoms with Gasteiger partial charge in [-0.05, 0) is 99.7 Å². The van der Waals surface area contributed by atoms with Crippen molar-refractivity contribution in [3.63, 3.8) is 0 Å². The van der Waals surface area contributed by atoms with E-state index in [1.807, 2.05) is 6.92 Å². The van der Waals surface area contributed by atoms with Crippen LogP contribution in [0.15, 0.2) is 11.6 Å². The maximum absolute atomic E-state index is 13.2. The predicted molar refractivity (Wildman–Crippen MR) is 101 cm³/mol. The van der Waals surface area contributed by atoms with Gasteiger partial charge in [0.05, 0.1) is 12.5 Å². The van der Waals surface area contributed by atoms with Gasteiger partial charge in [0.2, 0.25) is 0 Å². The molecule has 0 aromatic heterocycles. The van der Waals surface area contributed by atoms with E-state index in [2.05, 4.69) is 6.92 Å². The van der Waals surface area contributed by atoms with Crippen LogP contribution in [0.4, 0.5) is 13.2 Å². The Morgan fingerprint density at radius 3 is 2.57 bits per heavy atom. The number of carbonyl (C=O) groups is 1. The Hall–Kier alpha value is -1.00. The summed E-state index contributed by atoms with van der Waals surface area (Å²) in [7, 11) is 0. The normalized spacial score (nSPS) is 44.5. The molecule has 2 nitrogen and oxygen atoms in total. The molecule has 0 bridgehead atoms. The van der Waals surface area contributed by atoms with Crippen LogP contribution >= 0.6 is 0 Å². The summed E-state index contributed by atoms with van der Waals surface area (Å²) in [6, 6.07) is 0. The summed E-state index contributed by atoms with van der Waals surface area (Å²) >= 11 is 0. The Morgan fingerprint density at radius 1 is 1.11 bits per heavy atom. The van der Waals surface area contributed by atoms with Crippen molar-refractivity contribution in [1.82, 2.24) is 0 Å². The summed E-state index contributed by atoms with van der Waals surface area (Å²) in [5, 5.41) is 0. The molecule has 0 aromatic carbocycles. The highest BCUT2D eigenvalue weighted by molar-refractivity contribution is 5.83. The zero-order valence-electron chi connectivity index (χ0n) is 17.1. The number of hydrogen-bond acceptors (Lipinski definition) is 2. The zero-order valence-corrected chi connectivity index (χ0v) is 17.1. The zero-order chi connectivity index (χ0) is 20.1. The van der Waals surface area contributed by atoms with Gasteiger partial charge >= 0.3 is 12.1 Å². The fourth-order valence-electron chi connectivity index (χ4n) is 7.56. The number of esters is 1. The minimum absolute atomic E-state index is 0.0733. The van der Waals surface area contributed by atoms with Crippen molar-refractivity contribution in [1.29, 1.82) is 0 Å². The topological polar surface area (TPSA) is 26.3 Å². The van der Waals surface area contributed by atoms with Gasteiger partial charge in [0, 0.05) is 6.08 Å². The van der Waals surface area contributed by atoms with Crippen LogP contribution in [-0.4, -0.2) is 18.8 Å². The molecule has 4 aliphatic rings. The second-order valence-electron chi connectivity index (χ2n) is 9.90. The molecule has 158 valence electrons. The average Bonchev–Trinajstić information content (AvgIpc) is 2.97. The van der Waals surface area contributed by atoms with Gasteiger partial charge in [0.15, 0.2) is 0 Å². The van der Waals surface area contributed by atoms with E-state index in [0.717, 1.165) is 44.9 Å². The van der Waals surface area contributed by atoms with Gasteiger partial charge in [-0.25, -0.2) is 4.79 Å². The Balaban J connectivity index is 1.49. The Kier molecular flexibility index (Phi) is 5.33. The molecule has 4 rings (SSSR count). The first kappa shape index (κ1) is 20.3. The number of hydrogen-bond donors (Lipinski definition) is 0. The van der Waals surface area contributed by atoms with E-state index >= 15 is 0 Å². The highest BCUT2D eigenvalue weighted by atomic mass is 19.4. The maximum atomic E-state index is 13.2. The van der Waals surface area contributed by atoms with E-state index in [1.165, 1.54) is 5.57 Å². The fourth-order valence-corrected chi connectivity index (χ4v) is 7.56. The van der Waals surface area contributed by atoms with Crippen molar-refractivity contribution < 1.29 is 22.7 Å². The molecule has 0 heterocycles. The van der Waals surface area contributed by atoms with Gasteiger partial charge in [0.1, 0.15) is 0 Å².